The first-order valence-corrected chi connectivity index (χ1v) is 7.74. The molecular formula is C16H15ClO3S. The Kier molecular flexibility index (Phi) is 4.91. The molecule has 0 unspecified atom stereocenters. The van der Waals surface area contributed by atoms with Crippen LogP contribution in [0.15, 0.2) is 58.5 Å². The minimum Gasteiger partial charge on any atom is -0.448 e. The Morgan fingerprint density at radius 3 is 2.29 bits per heavy atom. The van der Waals surface area contributed by atoms with Crippen molar-refractivity contribution >= 4 is 35.1 Å². The van der Waals surface area contributed by atoms with Gasteiger partial charge in [0.05, 0.1) is 0 Å². The molecule has 21 heavy (non-hydrogen) atoms. The van der Waals surface area contributed by atoms with Gasteiger partial charge in [-0.15, -0.1) is 0 Å². The number of alkyl halides is 1. The van der Waals surface area contributed by atoms with Gasteiger partial charge in [-0.3, -0.25) is 4.79 Å². The van der Waals surface area contributed by atoms with Crippen LogP contribution in [0, 0.1) is 0 Å². The highest BCUT2D eigenvalue weighted by Gasteiger charge is 2.46. The van der Waals surface area contributed by atoms with E-state index in [2.05, 4.69) is 0 Å². The Bertz CT molecular complexity index is 598. The SMILES string of the molecule is CC1=CC(=O)C=C(C)C1(Sc1ccccc1)C(=O)OCCl. The molecular weight excluding hydrogens is 308 g/mol. The number of ketones is 1. The molecule has 1 aliphatic rings. The zero-order chi connectivity index (χ0) is 15.5. The number of allylic oxidation sites excluding steroid dienone is 2. The Hall–Kier alpha value is -1.52. The van der Waals surface area contributed by atoms with Crippen molar-refractivity contribution in [1.29, 1.82) is 0 Å². The summed E-state index contributed by atoms with van der Waals surface area (Å²) in [6.07, 6.45) is 2.94. The van der Waals surface area contributed by atoms with Crippen molar-refractivity contribution in [3.63, 3.8) is 0 Å². The summed E-state index contributed by atoms with van der Waals surface area (Å²) < 4.78 is 4.01. The largest absolute Gasteiger partial charge is 0.448 e. The summed E-state index contributed by atoms with van der Waals surface area (Å²) in [5.74, 6) is -0.575. The Labute approximate surface area is 133 Å². The molecule has 0 atom stereocenters. The Morgan fingerprint density at radius 1 is 1.19 bits per heavy atom. The molecule has 2 rings (SSSR count). The highest BCUT2D eigenvalue weighted by Crippen LogP contribution is 2.46. The summed E-state index contributed by atoms with van der Waals surface area (Å²) in [5.41, 5.74) is 1.30. The number of hydrogen-bond donors (Lipinski definition) is 0. The van der Waals surface area contributed by atoms with Crippen LogP contribution in [-0.4, -0.2) is 22.6 Å². The van der Waals surface area contributed by atoms with E-state index in [-0.39, 0.29) is 11.8 Å². The average molecular weight is 323 g/mol. The maximum atomic E-state index is 12.5. The van der Waals surface area contributed by atoms with Gasteiger partial charge in [0.15, 0.2) is 16.6 Å². The van der Waals surface area contributed by atoms with Crippen molar-refractivity contribution in [2.45, 2.75) is 23.5 Å². The molecule has 5 heteroatoms. The van der Waals surface area contributed by atoms with Crippen LogP contribution in [0.5, 0.6) is 0 Å². The number of hydrogen-bond acceptors (Lipinski definition) is 4. The number of thioether (sulfide) groups is 1. The fourth-order valence-corrected chi connectivity index (χ4v) is 3.65. The van der Waals surface area contributed by atoms with Crippen molar-refractivity contribution in [3.05, 3.63) is 53.6 Å². The van der Waals surface area contributed by atoms with E-state index >= 15 is 0 Å². The molecule has 1 aliphatic carbocycles. The number of benzene rings is 1. The second-order valence-corrected chi connectivity index (χ2v) is 6.20. The van der Waals surface area contributed by atoms with Crippen LogP contribution in [0.1, 0.15) is 13.8 Å². The van der Waals surface area contributed by atoms with Gasteiger partial charge >= 0.3 is 5.97 Å². The summed E-state index contributed by atoms with van der Waals surface area (Å²) in [7, 11) is 0. The molecule has 1 aromatic rings. The summed E-state index contributed by atoms with van der Waals surface area (Å²) in [4.78, 5) is 25.1. The second-order valence-electron chi connectivity index (χ2n) is 4.69. The molecule has 3 nitrogen and oxygen atoms in total. The van der Waals surface area contributed by atoms with Crippen LogP contribution in [0.2, 0.25) is 0 Å². The Morgan fingerprint density at radius 2 is 1.76 bits per heavy atom. The summed E-state index contributed by atoms with van der Waals surface area (Å²) in [6.45, 7) is 3.53. The smallest absolute Gasteiger partial charge is 0.332 e. The lowest BCUT2D eigenvalue weighted by atomic mass is 9.86. The van der Waals surface area contributed by atoms with Crippen LogP contribution in [0.4, 0.5) is 0 Å². The third-order valence-corrected chi connectivity index (χ3v) is 5.05. The molecule has 110 valence electrons. The molecule has 0 N–H and O–H groups in total. The quantitative estimate of drug-likeness (QED) is 0.626. The lowest BCUT2D eigenvalue weighted by Crippen LogP contribution is -2.41. The van der Waals surface area contributed by atoms with Gasteiger partial charge in [0.1, 0.15) is 0 Å². The predicted octanol–water partition coefficient (Wildman–Crippen LogP) is 3.73. The molecule has 0 saturated carbocycles. The summed E-state index contributed by atoms with van der Waals surface area (Å²) in [6, 6.07) is 9.31. The van der Waals surface area contributed by atoms with E-state index in [1.165, 1.54) is 23.9 Å². The fourth-order valence-electron chi connectivity index (χ4n) is 2.32. The van der Waals surface area contributed by atoms with Crippen LogP contribution >= 0.6 is 23.4 Å². The molecule has 0 radical (unpaired) electrons. The maximum absolute atomic E-state index is 12.5. The van der Waals surface area contributed by atoms with Crippen LogP contribution in [-0.2, 0) is 14.3 Å². The highest BCUT2D eigenvalue weighted by molar-refractivity contribution is 8.01. The highest BCUT2D eigenvalue weighted by atomic mass is 35.5. The average Bonchev–Trinajstić information content (AvgIpc) is 2.44. The molecule has 0 bridgehead atoms. The van der Waals surface area contributed by atoms with E-state index < -0.39 is 10.7 Å². The molecule has 1 aromatic carbocycles. The van der Waals surface area contributed by atoms with Crippen molar-refractivity contribution < 1.29 is 14.3 Å². The van der Waals surface area contributed by atoms with Crippen molar-refractivity contribution in [3.8, 4) is 0 Å². The number of carbonyl (C=O) groups is 2. The predicted molar refractivity (Wildman–Crippen MR) is 84.4 cm³/mol. The summed E-state index contributed by atoms with van der Waals surface area (Å²) in [5, 5.41) is 0. The Balaban J connectivity index is 2.50. The molecule has 0 heterocycles. The number of ether oxygens (including phenoxy) is 1. The zero-order valence-electron chi connectivity index (χ0n) is 11.8. The van der Waals surface area contributed by atoms with Crippen LogP contribution in [0.25, 0.3) is 0 Å². The van der Waals surface area contributed by atoms with Crippen LogP contribution in [0.3, 0.4) is 0 Å². The van der Waals surface area contributed by atoms with Gasteiger partial charge in [-0.25, -0.2) is 4.79 Å². The lowest BCUT2D eigenvalue weighted by molar-refractivity contribution is -0.142. The zero-order valence-corrected chi connectivity index (χ0v) is 13.3. The van der Waals surface area contributed by atoms with Crippen molar-refractivity contribution in [2.24, 2.45) is 0 Å². The molecule has 0 saturated heterocycles. The fraction of sp³-hybridized carbons (Fsp3) is 0.250. The van der Waals surface area contributed by atoms with Gasteiger partial charge in [-0.2, -0.15) is 0 Å². The minimum absolute atomic E-state index is 0.118. The van der Waals surface area contributed by atoms with E-state index in [1.807, 2.05) is 30.3 Å². The number of esters is 1. The third kappa shape index (κ3) is 3.06. The lowest BCUT2D eigenvalue weighted by Gasteiger charge is -2.34. The standard InChI is InChI=1S/C16H15ClO3S/c1-11-8-13(18)9-12(2)16(11,15(19)20-10-17)21-14-6-4-3-5-7-14/h3-9H,10H2,1-2H3. The van der Waals surface area contributed by atoms with E-state index in [0.29, 0.717) is 11.1 Å². The number of carbonyl (C=O) groups excluding carboxylic acids is 2. The van der Waals surface area contributed by atoms with Crippen LogP contribution < -0.4 is 0 Å². The van der Waals surface area contributed by atoms with Gasteiger partial charge in [0.25, 0.3) is 0 Å². The number of halogens is 1. The summed E-state index contributed by atoms with van der Waals surface area (Å²) >= 11 is 6.90. The van der Waals surface area contributed by atoms with Crippen molar-refractivity contribution in [2.75, 3.05) is 6.07 Å². The minimum atomic E-state index is -1.04. The molecule has 0 aliphatic heterocycles. The van der Waals surface area contributed by atoms with Gasteiger partial charge in [0.2, 0.25) is 0 Å². The van der Waals surface area contributed by atoms with E-state index in [0.717, 1.165) is 4.90 Å². The van der Waals surface area contributed by atoms with Gasteiger partial charge in [0, 0.05) is 4.90 Å². The van der Waals surface area contributed by atoms with Gasteiger partial charge < -0.3 is 4.74 Å². The first-order valence-electron chi connectivity index (χ1n) is 6.39. The number of rotatable bonds is 4. The van der Waals surface area contributed by atoms with E-state index in [9.17, 15) is 9.59 Å². The first-order chi connectivity index (χ1) is 10.0. The van der Waals surface area contributed by atoms with E-state index in [1.54, 1.807) is 13.8 Å². The molecule has 0 fully saturated rings. The molecule has 0 aromatic heterocycles. The van der Waals surface area contributed by atoms with E-state index in [4.69, 9.17) is 16.3 Å². The third-order valence-electron chi connectivity index (χ3n) is 3.32. The molecule has 0 amide bonds. The first kappa shape index (κ1) is 15.9. The maximum Gasteiger partial charge on any atom is 0.332 e. The molecule has 0 spiro atoms. The van der Waals surface area contributed by atoms with Gasteiger partial charge in [-0.05, 0) is 49.3 Å². The second kappa shape index (κ2) is 6.50. The normalized spacial score (nSPS) is 17.0. The topological polar surface area (TPSA) is 43.4 Å². The monoisotopic (exact) mass is 322 g/mol. The van der Waals surface area contributed by atoms with Crippen molar-refractivity contribution in [1.82, 2.24) is 0 Å². The van der Waals surface area contributed by atoms with Gasteiger partial charge in [-0.1, -0.05) is 41.6 Å².